The number of rotatable bonds is 5. The lowest BCUT2D eigenvalue weighted by Gasteiger charge is -2.34. The number of ether oxygens (including phenoxy) is 1. The molecule has 0 aromatic heterocycles. The number of piperidine rings is 1. The van der Waals surface area contributed by atoms with E-state index in [9.17, 15) is 4.79 Å². The van der Waals surface area contributed by atoms with E-state index in [0.29, 0.717) is 16.7 Å². The summed E-state index contributed by atoms with van der Waals surface area (Å²) in [5.41, 5.74) is 0. The Kier molecular flexibility index (Phi) is 5.88. The summed E-state index contributed by atoms with van der Waals surface area (Å²) in [6, 6.07) is 7.09. The molecule has 1 aliphatic heterocycles. The molecule has 1 aromatic carbocycles. The van der Waals surface area contributed by atoms with Crippen LogP contribution in [0.15, 0.2) is 24.3 Å². The number of hydrogen-bond donors (Lipinski definition) is 1. The van der Waals surface area contributed by atoms with Gasteiger partial charge in [0.25, 0.3) is 5.91 Å². The summed E-state index contributed by atoms with van der Waals surface area (Å²) < 4.78 is 5.71. The number of nitrogens with zero attached hydrogens (tertiary/aromatic N) is 1. The highest BCUT2D eigenvalue weighted by Crippen LogP contribution is 2.20. The molecule has 0 aliphatic carbocycles. The molecule has 0 saturated carbocycles. The van der Waals surface area contributed by atoms with Gasteiger partial charge in [-0.2, -0.15) is 0 Å². The molecule has 0 spiro atoms. The minimum absolute atomic E-state index is 0.0609. The Bertz CT molecular complexity index is 462. The molecular weight excluding hydrogens is 288 g/mol. The lowest BCUT2D eigenvalue weighted by Crippen LogP contribution is -2.47. The van der Waals surface area contributed by atoms with Crippen molar-refractivity contribution in [2.24, 2.45) is 5.92 Å². The quantitative estimate of drug-likeness (QED) is 0.909. The average Bonchev–Trinajstić information content (AvgIpc) is 2.49. The third kappa shape index (κ3) is 4.61. The Morgan fingerprint density at radius 1 is 1.48 bits per heavy atom. The van der Waals surface area contributed by atoms with Crippen molar-refractivity contribution in [2.45, 2.75) is 25.9 Å². The van der Waals surface area contributed by atoms with Crippen LogP contribution in [0.3, 0.4) is 0 Å². The van der Waals surface area contributed by atoms with E-state index in [-0.39, 0.29) is 5.91 Å². The average molecular weight is 311 g/mol. The molecule has 5 heteroatoms. The third-order valence-electron chi connectivity index (χ3n) is 3.80. The summed E-state index contributed by atoms with van der Waals surface area (Å²) in [5.74, 6) is 1.27. The number of likely N-dealkylation sites (tertiary alicyclic amines) is 1. The highest BCUT2D eigenvalue weighted by molar-refractivity contribution is 6.30. The summed E-state index contributed by atoms with van der Waals surface area (Å²) >= 11 is 5.84. The minimum atomic E-state index is -0.473. The van der Waals surface area contributed by atoms with Crippen LogP contribution in [0.1, 0.15) is 19.8 Å². The number of carbonyl (C=O) groups excluding carboxylic acids is 1. The van der Waals surface area contributed by atoms with Gasteiger partial charge in [0.05, 0.1) is 0 Å². The predicted molar refractivity (Wildman–Crippen MR) is 84.8 cm³/mol. The monoisotopic (exact) mass is 310 g/mol. The van der Waals surface area contributed by atoms with Crippen LogP contribution < -0.4 is 10.1 Å². The van der Waals surface area contributed by atoms with Crippen molar-refractivity contribution in [1.82, 2.24) is 10.2 Å². The van der Waals surface area contributed by atoms with Crippen molar-refractivity contribution in [3.05, 3.63) is 29.3 Å². The number of carbonyl (C=O) groups is 1. The van der Waals surface area contributed by atoms with Gasteiger partial charge in [-0.25, -0.2) is 0 Å². The van der Waals surface area contributed by atoms with Crippen LogP contribution in [0.4, 0.5) is 0 Å². The summed E-state index contributed by atoms with van der Waals surface area (Å²) in [7, 11) is 1.95. The smallest absolute Gasteiger partial charge is 0.263 e. The van der Waals surface area contributed by atoms with E-state index in [4.69, 9.17) is 16.3 Å². The van der Waals surface area contributed by atoms with E-state index >= 15 is 0 Å². The summed E-state index contributed by atoms with van der Waals surface area (Å²) in [4.78, 5) is 14.4. The second kappa shape index (κ2) is 7.66. The van der Waals surface area contributed by atoms with E-state index in [1.165, 1.54) is 6.42 Å². The molecule has 2 unspecified atom stereocenters. The van der Waals surface area contributed by atoms with E-state index in [0.717, 1.165) is 26.1 Å². The maximum Gasteiger partial charge on any atom is 0.263 e. The molecule has 1 fully saturated rings. The van der Waals surface area contributed by atoms with Crippen LogP contribution in [0.25, 0.3) is 0 Å². The van der Waals surface area contributed by atoms with E-state index in [1.54, 1.807) is 31.2 Å². The molecule has 1 amide bonds. The van der Waals surface area contributed by atoms with Gasteiger partial charge in [-0.3, -0.25) is 4.79 Å². The van der Waals surface area contributed by atoms with Crippen molar-refractivity contribution >= 4 is 17.5 Å². The second-order valence-corrected chi connectivity index (χ2v) is 6.00. The van der Waals surface area contributed by atoms with Gasteiger partial charge in [0.1, 0.15) is 5.75 Å². The molecule has 0 radical (unpaired) electrons. The zero-order valence-corrected chi connectivity index (χ0v) is 13.4. The number of nitrogens with one attached hydrogen (secondary N) is 1. The van der Waals surface area contributed by atoms with Crippen molar-refractivity contribution in [3.8, 4) is 5.75 Å². The van der Waals surface area contributed by atoms with Gasteiger partial charge in [-0.1, -0.05) is 11.6 Å². The van der Waals surface area contributed by atoms with E-state index in [1.807, 2.05) is 11.9 Å². The van der Waals surface area contributed by atoms with Gasteiger partial charge in [-0.05, 0) is 63.5 Å². The molecule has 21 heavy (non-hydrogen) atoms. The summed E-state index contributed by atoms with van der Waals surface area (Å²) in [5, 5.41) is 3.85. The normalized spacial score (nSPS) is 20.1. The van der Waals surface area contributed by atoms with Gasteiger partial charge >= 0.3 is 0 Å². The predicted octanol–water partition coefficient (Wildman–Crippen LogP) is 2.57. The summed E-state index contributed by atoms with van der Waals surface area (Å²) in [6.45, 7) is 4.40. The molecule has 2 atom stereocenters. The largest absolute Gasteiger partial charge is 0.481 e. The molecule has 1 heterocycles. The van der Waals surface area contributed by atoms with Crippen LogP contribution in [-0.2, 0) is 4.79 Å². The molecule has 1 aromatic rings. The first-order valence-electron chi connectivity index (χ1n) is 7.45. The highest BCUT2D eigenvalue weighted by Gasteiger charge is 2.27. The number of halogens is 1. The fourth-order valence-corrected chi connectivity index (χ4v) is 2.87. The van der Waals surface area contributed by atoms with Crippen LogP contribution in [0.2, 0.25) is 5.02 Å². The third-order valence-corrected chi connectivity index (χ3v) is 4.05. The fourth-order valence-electron chi connectivity index (χ4n) is 2.75. The second-order valence-electron chi connectivity index (χ2n) is 5.56. The Morgan fingerprint density at radius 3 is 2.86 bits per heavy atom. The van der Waals surface area contributed by atoms with E-state index < -0.39 is 6.10 Å². The van der Waals surface area contributed by atoms with Gasteiger partial charge in [0.2, 0.25) is 0 Å². The van der Waals surface area contributed by atoms with Crippen LogP contribution in [0.5, 0.6) is 5.75 Å². The molecule has 1 saturated heterocycles. The van der Waals surface area contributed by atoms with Gasteiger partial charge in [0, 0.05) is 18.1 Å². The number of amides is 1. The minimum Gasteiger partial charge on any atom is -0.481 e. The number of benzene rings is 1. The molecular formula is C16H23ClN2O2. The maximum absolute atomic E-state index is 12.5. The standard InChI is InChI=1S/C16H23ClN2O2/c1-12(21-15-7-5-14(17)6-8-15)16(20)19-9-3-4-13(11-19)10-18-2/h5-8,12-13,18H,3-4,9-11H2,1-2H3. The molecule has 1 aliphatic rings. The van der Waals surface area contributed by atoms with Gasteiger partial charge in [0.15, 0.2) is 6.10 Å². The van der Waals surface area contributed by atoms with Gasteiger partial charge < -0.3 is 15.0 Å². The molecule has 2 rings (SSSR count). The SMILES string of the molecule is CNCC1CCCN(C(=O)C(C)Oc2ccc(Cl)cc2)C1. The molecule has 4 nitrogen and oxygen atoms in total. The zero-order valence-electron chi connectivity index (χ0n) is 12.6. The fraction of sp³-hybridized carbons (Fsp3) is 0.562. The zero-order chi connectivity index (χ0) is 15.2. The van der Waals surface area contributed by atoms with Crippen molar-refractivity contribution in [1.29, 1.82) is 0 Å². The molecule has 0 bridgehead atoms. The van der Waals surface area contributed by atoms with Crippen molar-refractivity contribution in [2.75, 3.05) is 26.7 Å². The first-order valence-corrected chi connectivity index (χ1v) is 7.83. The Labute approximate surface area is 131 Å². The van der Waals surface area contributed by atoms with Crippen LogP contribution in [-0.4, -0.2) is 43.6 Å². The molecule has 116 valence electrons. The first-order chi connectivity index (χ1) is 10.1. The Morgan fingerprint density at radius 2 is 2.19 bits per heavy atom. The van der Waals surface area contributed by atoms with Crippen LogP contribution in [0, 0.1) is 5.92 Å². The Balaban J connectivity index is 1.90. The Hall–Kier alpha value is -1.26. The van der Waals surface area contributed by atoms with Crippen LogP contribution >= 0.6 is 11.6 Å². The summed E-state index contributed by atoms with van der Waals surface area (Å²) in [6.07, 6.45) is 1.77. The first kappa shape index (κ1) is 16.1. The van der Waals surface area contributed by atoms with E-state index in [2.05, 4.69) is 5.32 Å². The lowest BCUT2D eigenvalue weighted by atomic mass is 9.97. The van der Waals surface area contributed by atoms with Gasteiger partial charge in [-0.15, -0.1) is 0 Å². The molecule has 1 N–H and O–H groups in total. The highest BCUT2D eigenvalue weighted by atomic mass is 35.5. The topological polar surface area (TPSA) is 41.6 Å². The lowest BCUT2D eigenvalue weighted by molar-refractivity contribution is -0.139. The van der Waals surface area contributed by atoms with Crippen molar-refractivity contribution < 1.29 is 9.53 Å². The van der Waals surface area contributed by atoms with Crippen molar-refractivity contribution in [3.63, 3.8) is 0 Å². The maximum atomic E-state index is 12.5. The number of hydrogen-bond acceptors (Lipinski definition) is 3.